The van der Waals surface area contributed by atoms with E-state index in [1.165, 1.54) is 4.90 Å². The molecule has 0 spiro atoms. The van der Waals surface area contributed by atoms with Crippen LogP contribution in [-0.4, -0.2) is 36.7 Å². The number of pyridine rings is 1. The van der Waals surface area contributed by atoms with E-state index in [0.717, 1.165) is 6.07 Å². The Kier molecular flexibility index (Phi) is 4.05. The first-order valence-electron chi connectivity index (χ1n) is 5.67. The molecule has 0 aliphatic carbocycles. The molecule has 1 aliphatic heterocycles. The van der Waals surface area contributed by atoms with E-state index in [-0.39, 0.29) is 24.0 Å². The number of amides is 1. The maximum Gasteiger partial charge on any atom is 0.417 e. The molecule has 5 nitrogen and oxygen atoms in total. The van der Waals surface area contributed by atoms with Gasteiger partial charge in [-0.05, 0) is 6.07 Å². The van der Waals surface area contributed by atoms with Crippen molar-refractivity contribution in [3.8, 4) is 0 Å². The van der Waals surface area contributed by atoms with Gasteiger partial charge in [-0.25, -0.2) is 4.98 Å². The molecule has 110 valence electrons. The van der Waals surface area contributed by atoms with Crippen molar-refractivity contribution in [2.24, 2.45) is 5.73 Å². The molecular weight excluding hydrogens is 299 g/mol. The number of halogens is 4. The number of morpholine rings is 1. The van der Waals surface area contributed by atoms with E-state index in [9.17, 15) is 18.0 Å². The number of hydrogen-bond acceptors (Lipinski definition) is 4. The first-order chi connectivity index (χ1) is 9.30. The zero-order chi connectivity index (χ0) is 14.9. The summed E-state index contributed by atoms with van der Waals surface area (Å²) in [5, 5.41) is -0.187. The summed E-state index contributed by atoms with van der Waals surface area (Å²) < 4.78 is 42.7. The highest BCUT2D eigenvalue weighted by molar-refractivity contribution is 6.33. The number of alkyl halides is 3. The molecule has 1 atom stereocenters. The molecule has 1 aromatic rings. The fourth-order valence-corrected chi connectivity index (χ4v) is 2.16. The molecular formula is C11H11ClF3N3O2. The third-order valence-electron chi connectivity index (χ3n) is 2.88. The van der Waals surface area contributed by atoms with Crippen molar-refractivity contribution in [3.05, 3.63) is 22.8 Å². The Hall–Kier alpha value is -1.54. The Labute approximate surface area is 117 Å². The number of hydrogen-bond donors (Lipinski definition) is 1. The molecule has 0 unspecified atom stereocenters. The molecule has 1 amide bonds. The minimum Gasteiger partial charge on any atom is -0.377 e. The molecule has 0 aromatic carbocycles. The highest BCUT2D eigenvalue weighted by atomic mass is 35.5. The monoisotopic (exact) mass is 309 g/mol. The SMILES string of the molecule is NC(=O)[C@H]1COCCN1c1ncc(C(F)(F)F)cc1Cl. The summed E-state index contributed by atoms with van der Waals surface area (Å²) in [5.41, 5.74) is 4.28. The number of carbonyl (C=O) groups is 1. The van der Waals surface area contributed by atoms with Crippen LogP contribution in [0.25, 0.3) is 0 Å². The number of anilines is 1. The average molecular weight is 310 g/mol. The maximum atomic E-state index is 12.5. The third kappa shape index (κ3) is 2.96. The van der Waals surface area contributed by atoms with Gasteiger partial charge in [0.05, 0.1) is 23.8 Å². The summed E-state index contributed by atoms with van der Waals surface area (Å²) in [4.78, 5) is 16.5. The highest BCUT2D eigenvalue weighted by Gasteiger charge is 2.34. The maximum absolute atomic E-state index is 12.5. The van der Waals surface area contributed by atoms with Gasteiger partial charge in [0.1, 0.15) is 11.9 Å². The number of rotatable bonds is 2. The van der Waals surface area contributed by atoms with Crippen LogP contribution in [-0.2, 0) is 15.7 Å². The van der Waals surface area contributed by atoms with E-state index < -0.39 is 23.7 Å². The van der Waals surface area contributed by atoms with Gasteiger partial charge < -0.3 is 15.4 Å². The van der Waals surface area contributed by atoms with E-state index in [1.807, 2.05) is 0 Å². The van der Waals surface area contributed by atoms with Crippen molar-refractivity contribution >= 4 is 23.3 Å². The van der Waals surface area contributed by atoms with E-state index in [4.69, 9.17) is 22.1 Å². The molecule has 0 bridgehead atoms. The van der Waals surface area contributed by atoms with Crippen LogP contribution in [0.3, 0.4) is 0 Å². The summed E-state index contributed by atoms with van der Waals surface area (Å²) in [6.45, 7) is 0.628. The van der Waals surface area contributed by atoms with Crippen molar-refractivity contribution in [2.75, 3.05) is 24.7 Å². The van der Waals surface area contributed by atoms with Crippen molar-refractivity contribution in [1.29, 1.82) is 0 Å². The number of nitrogens with zero attached hydrogens (tertiary/aromatic N) is 2. The largest absolute Gasteiger partial charge is 0.417 e. The van der Waals surface area contributed by atoms with Crippen LogP contribution in [0.2, 0.25) is 5.02 Å². The van der Waals surface area contributed by atoms with Gasteiger partial charge in [0.15, 0.2) is 0 Å². The van der Waals surface area contributed by atoms with Gasteiger partial charge in [0, 0.05) is 12.7 Å². The molecule has 1 aliphatic rings. The zero-order valence-corrected chi connectivity index (χ0v) is 10.9. The lowest BCUT2D eigenvalue weighted by Crippen LogP contribution is -2.53. The molecule has 1 fully saturated rings. The number of primary amides is 1. The number of nitrogens with two attached hydrogens (primary N) is 1. The lowest BCUT2D eigenvalue weighted by Gasteiger charge is -2.34. The van der Waals surface area contributed by atoms with Gasteiger partial charge in [-0.1, -0.05) is 11.6 Å². The molecule has 2 rings (SSSR count). The molecule has 0 radical (unpaired) electrons. The fourth-order valence-electron chi connectivity index (χ4n) is 1.89. The van der Waals surface area contributed by atoms with Crippen LogP contribution in [0, 0.1) is 0 Å². The van der Waals surface area contributed by atoms with E-state index >= 15 is 0 Å². The van der Waals surface area contributed by atoms with E-state index in [1.54, 1.807) is 0 Å². The van der Waals surface area contributed by atoms with Crippen LogP contribution in [0.4, 0.5) is 19.0 Å². The van der Waals surface area contributed by atoms with E-state index in [0.29, 0.717) is 12.8 Å². The van der Waals surface area contributed by atoms with Crippen molar-refractivity contribution in [2.45, 2.75) is 12.2 Å². The minimum absolute atomic E-state index is 0.0500. The molecule has 20 heavy (non-hydrogen) atoms. The van der Waals surface area contributed by atoms with Gasteiger partial charge in [-0.15, -0.1) is 0 Å². The lowest BCUT2D eigenvalue weighted by atomic mass is 10.2. The van der Waals surface area contributed by atoms with Crippen LogP contribution >= 0.6 is 11.6 Å². The first kappa shape index (κ1) is 14.9. The first-order valence-corrected chi connectivity index (χ1v) is 6.05. The van der Waals surface area contributed by atoms with Gasteiger partial charge in [0.2, 0.25) is 5.91 Å². The van der Waals surface area contributed by atoms with Gasteiger partial charge >= 0.3 is 6.18 Å². The summed E-state index contributed by atoms with van der Waals surface area (Å²) in [6, 6.07) is -0.0253. The second kappa shape index (κ2) is 5.45. The second-order valence-corrected chi connectivity index (χ2v) is 4.62. The Balaban J connectivity index is 2.34. The molecule has 9 heteroatoms. The summed E-state index contributed by atoms with van der Waals surface area (Å²) in [7, 11) is 0. The van der Waals surface area contributed by atoms with Crippen LogP contribution in [0.1, 0.15) is 5.56 Å². The number of ether oxygens (including phenoxy) is 1. The lowest BCUT2D eigenvalue weighted by molar-refractivity contribution is -0.137. The quantitative estimate of drug-likeness (QED) is 0.897. The summed E-state index contributed by atoms with van der Waals surface area (Å²) in [6.07, 6.45) is -3.85. The van der Waals surface area contributed by atoms with Gasteiger partial charge in [0.25, 0.3) is 0 Å². The van der Waals surface area contributed by atoms with Gasteiger partial charge in [-0.3, -0.25) is 4.79 Å². The Morgan fingerprint density at radius 3 is 2.80 bits per heavy atom. The standard InChI is InChI=1S/C11H11ClF3N3O2/c12-7-3-6(11(13,14)15)4-17-10(7)18-1-2-20-5-8(18)9(16)19/h3-4,8H,1-2,5H2,(H2,16,19)/t8-/m1/s1. The fraction of sp³-hybridized carbons (Fsp3) is 0.455. The Bertz CT molecular complexity index is 524. The highest BCUT2D eigenvalue weighted by Crippen LogP contribution is 2.34. The number of aromatic nitrogens is 1. The van der Waals surface area contributed by atoms with Crippen molar-refractivity contribution in [1.82, 2.24) is 4.98 Å². The molecule has 1 aromatic heterocycles. The average Bonchev–Trinajstić information content (AvgIpc) is 2.37. The molecule has 2 heterocycles. The summed E-state index contributed by atoms with van der Waals surface area (Å²) >= 11 is 5.84. The molecule has 0 saturated carbocycles. The van der Waals surface area contributed by atoms with Gasteiger partial charge in [-0.2, -0.15) is 13.2 Å². The number of carbonyl (C=O) groups excluding carboxylic acids is 1. The molecule has 1 saturated heterocycles. The van der Waals surface area contributed by atoms with Crippen LogP contribution in [0.15, 0.2) is 12.3 Å². The Morgan fingerprint density at radius 1 is 1.55 bits per heavy atom. The second-order valence-electron chi connectivity index (χ2n) is 4.21. The predicted octanol–water partition coefficient (Wildman–Crippen LogP) is 1.44. The Morgan fingerprint density at radius 2 is 2.25 bits per heavy atom. The predicted molar refractivity (Wildman–Crippen MR) is 65.4 cm³/mol. The molecule has 2 N–H and O–H groups in total. The minimum atomic E-state index is -4.52. The van der Waals surface area contributed by atoms with Crippen molar-refractivity contribution in [3.63, 3.8) is 0 Å². The normalized spacial score (nSPS) is 20.0. The smallest absolute Gasteiger partial charge is 0.377 e. The van der Waals surface area contributed by atoms with Crippen LogP contribution < -0.4 is 10.6 Å². The zero-order valence-electron chi connectivity index (χ0n) is 10.2. The van der Waals surface area contributed by atoms with Crippen LogP contribution in [0.5, 0.6) is 0 Å². The van der Waals surface area contributed by atoms with E-state index in [2.05, 4.69) is 4.98 Å². The topological polar surface area (TPSA) is 68.5 Å². The third-order valence-corrected chi connectivity index (χ3v) is 3.16. The summed E-state index contributed by atoms with van der Waals surface area (Å²) in [5.74, 6) is -0.561. The van der Waals surface area contributed by atoms with Crippen molar-refractivity contribution < 1.29 is 22.7 Å².